The van der Waals surface area contributed by atoms with Gasteiger partial charge in [0.2, 0.25) is 0 Å². The minimum Gasteiger partial charge on any atom is -0.508 e. The van der Waals surface area contributed by atoms with Gasteiger partial charge in [-0.3, -0.25) is 4.79 Å². The van der Waals surface area contributed by atoms with Crippen molar-refractivity contribution in [3.05, 3.63) is 53.6 Å². The Hall–Kier alpha value is -3.03. The third-order valence-electron chi connectivity index (χ3n) is 7.87. The third-order valence-corrected chi connectivity index (χ3v) is 7.87. The van der Waals surface area contributed by atoms with E-state index < -0.39 is 0 Å². The van der Waals surface area contributed by atoms with Gasteiger partial charge in [0, 0.05) is 33.9 Å². The van der Waals surface area contributed by atoms with Crippen molar-refractivity contribution < 1.29 is 24.5 Å². The molecule has 0 bridgehead atoms. The van der Waals surface area contributed by atoms with E-state index in [2.05, 4.69) is 33.8 Å². The number of methoxy groups -OCH3 is 2. The Morgan fingerprint density at radius 1 is 0.974 bits per heavy atom. The van der Waals surface area contributed by atoms with Gasteiger partial charge in [0.05, 0.1) is 33.8 Å². The van der Waals surface area contributed by atoms with Crippen LogP contribution in [-0.4, -0.2) is 55.1 Å². The van der Waals surface area contributed by atoms with E-state index in [1.165, 1.54) is 5.57 Å². The fourth-order valence-corrected chi connectivity index (χ4v) is 5.03. The molecule has 0 saturated carbocycles. The summed E-state index contributed by atoms with van der Waals surface area (Å²) in [5.41, 5.74) is 3.09. The number of allylic oxidation sites excluding steroid dienone is 1. The Morgan fingerprint density at radius 2 is 1.68 bits per heavy atom. The van der Waals surface area contributed by atoms with Crippen molar-refractivity contribution in [2.75, 3.05) is 37.6 Å². The molecule has 1 heterocycles. The van der Waals surface area contributed by atoms with Crippen LogP contribution < -0.4 is 9.80 Å². The molecule has 2 aromatic carbocycles. The number of ether oxygens (including phenoxy) is 2. The van der Waals surface area contributed by atoms with E-state index in [0.29, 0.717) is 23.5 Å². The Kier molecular flexibility index (Phi) is 9.49. The minimum atomic E-state index is -0.220. The number of carbonyl (C=O) groups is 1. The van der Waals surface area contributed by atoms with Gasteiger partial charge in [0.25, 0.3) is 5.91 Å². The first-order chi connectivity index (χ1) is 17.9. The predicted octanol–water partition coefficient (Wildman–Crippen LogP) is 6.94. The van der Waals surface area contributed by atoms with E-state index in [1.807, 2.05) is 7.05 Å². The van der Waals surface area contributed by atoms with Crippen LogP contribution in [0.4, 0.5) is 17.1 Å². The largest absolute Gasteiger partial charge is 0.508 e. The van der Waals surface area contributed by atoms with Crippen LogP contribution in [-0.2, 0) is 9.47 Å². The monoisotopic (exact) mass is 524 g/mol. The summed E-state index contributed by atoms with van der Waals surface area (Å²) >= 11 is 0. The van der Waals surface area contributed by atoms with Crippen LogP contribution in [0.15, 0.2) is 48.0 Å². The second kappa shape index (κ2) is 12.2. The van der Waals surface area contributed by atoms with Crippen molar-refractivity contribution in [2.24, 2.45) is 0 Å². The van der Waals surface area contributed by atoms with Crippen molar-refractivity contribution in [1.29, 1.82) is 0 Å². The molecule has 1 atom stereocenters. The first-order valence-corrected chi connectivity index (χ1v) is 13.4. The number of benzene rings is 2. The molecular weight excluding hydrogens is 480 g/mol. The molecule has 1 unspecified atom stereocenters. The van der Waals surface area contributed by atoms with Crippen LogP contribution in [0.3, 0.4) is 0 Å². The van der Waals surface area contributed by atoms with Crippen LogP contribution in [0.25, 0.3) is 0 Å². The molecule has 1 aliphatic heterocycles. The lowest BCUT2D eigenvalue weighted by molar-refractivity contribution is -0.0242. The summed E-state index contributed by atoms with van der Waals surface area (Å²) in [4.78, 5) is 17.1. The van der Waals surface area contributed by atoms with Gasteiger partial charge in [-0.2, -0.15) is 0 Å². The zero-order chi connectivity index (χ0) is 28.1. The van der Waals surface area contributed by atoms with Crippen molar-refractivity contribution in [3.8, 4) is 11.5 Å². The molecule has 1 amide bonds. The first kappa shape index (κ1) is 29.5. The molecule has 7 heteroatoms. The molecule has 2 aromatic rings. The average Bonchev–Trinajstić information content (AvgIpc) is 2.96. The van der Waals surface area contributed by atoms with Crippen LogP contribution >= 0.6 is 0 Å². The molecule has 0 aromatic heterocycles. The Morgan fingerprint density at radius 3 is 2.37 bits per heavy atom. The van der Waals surface area contributed by atoms with Crippen LogP contribution in [0.2, 0.25) is 0 Å². The van der Waals surface area contributed by atoms with E-state index in [9.17, 15) is 15.0 Å². The number of anilines is 3. The molecular formula is C31H44N2O5. The van der Waals surface area contributed by atoms with Gasteiger partial charge in [0.15, 0.2) is 0 Å². The summed E-state index contributed by atoms with van der Waals surface area (Å²) < 4.78 is 11.4. The number of rotatable bonds is 12. The number of aromatic hydroxyl groups is 2. The fraction of sp³-hybridized carbons (Fsp3) is 0.516. The molecule has 2 N–H and O–H groups in total. The van der Waals surface area contributed by atoms with Gasteiger partial charge < -0.3 is 29.5 Å². The average molecular weight is 525 g/mol. The lowest BCUT2D eigenvalue weighted by Gasteiger charge is -2.30. The maximum absolute atomic E-state index is 13.6. The Bertz CT molecular complexity index is 1160. The van der Waals surface area contributed by atoms with Crippen molar-refractivity contribution in [1.82, 2.24) is 0 Å². The lowest BCUT2D eigenvalue weighted by Crippen LogP contribution is -2.30. The van der Waals surface area contributed by atoms with E-state index in [-0.39, 0.29) is 28.6 Å². The summed E-state index contributed by atoms with van der Waals surface area (Å²) in [5.74, 6) is -0.0985. The highest BCUT2D eigenvalue weighted by Crippen LogP contribution is 2.44. The third kappa shape index (κ3) is 6.88. The standard InChI is InChI=1S/C31H44N2O5/c1-22(11-9-18-31(4,38-7)19-10-17-30(2,3)37-6)16-20-33-26-21-23(34)14-15-25(26)32(5)28-24(29(33)36)12-8-13-27(28)35/h8,12-16,21,34-35H,9-11,17-20H2,1-7H3/b22-16+. The maximum Gasteiger partial charge on any atom is 0.260 e. The van der Waals surface area contributed by atoms with Crippen LogP contribution in [0.1, 0.15) is 76.6 Å². The predicted molar refractivity (Wildman–Crippen MR) is 154 cm³/mol. The van der Waals surface area contributed by atoms with Crippen LogP contribution in [0.5, 0.6) is 11.5 Å². The van der Waals surface area contributed by atoms with Crippen molar-refractivity contribution in [3.63, 3.8) is 0 Å². The number of hydrogen-bond acceptors (Lipinski definition) is 6. The van der Waals surface area contributed by atoms with E-state index in [4.69, 9.17) is 9.47 Å². The maximum atomic E-state index is 13.6. The highest BCUT2D eigenvalue weighted by atomic mass is 16.5. The normalized spacial score (nSPS) is 15.7. The number of phenolic OH excluding ortho intramolecular Hbond substituents is 2. The van der Waals surface area contributed by atoms with E-state index >= 15 is 0 Å². The number of carbonyl (C=O) groups excluding carboxylic acids is 1. The minimum absolute atomic E-state index is 0.0397. The Balaban J connectivity index is 1.71. The van der Waals surface area contributed by atoms with Gasteiger partial charge in [-0.05, 0) is 90.5 Å². The number of nitrogens with zero attached hydrogens (tertiary/aromatic N) is 2. The number of hydrogen-bond donors (Lipinski definition) is 2. The van der Waals surface area contributed by atoms with Crippen LogP contribution in [0, 0.1) is 0 Å². The van der Waals surface area contributed by atoms with Crippen molar-refractivity contribution in [2.45, 2.75) is 77.4 Å². The molecule has 1 aliphatic rings. The molecule has 208 valence electrons. The summed E-state index contributed by atoms with van der Waals surface area (Å²) in [6, 6.07) is 9.94. The number of fused-ring (bicyclic) bond motifs is 2. The van der Waals surface area contributed by atoms with E-state index in [0.717, 1.165) is 44.2 Å². The van der Waals surface area contributed by atoms with Gasteiger partial charge in [0.1, 0.15) is 11.5 Å². The highest BCUT2D eigenvalue weighted by molar-refractivity contribution is 6.15. The smallest absolute Gasteiger partial charge is 0.260 e. The molecule has 7 nitrogen and oxygen atoms in total. The van der Waals surface area contributed by atoms with Gasteiger partial charge in [-0.25, -0.2) is 0 Å². The van der Waals surface area contributed by atoms with Gasteiger partial charge in [-0.15, -0.1) is 0 Å². The fourth-order valence-electron chi connectivity index (χ4n) is 5.03. The SMILES string of the molecule is COC(C)(C)CCCC(C)(CCC/C(C)=C/CN1C(=O)c2cccc(O)c2N(C)c2ccc(O)cc21)OC. The highest BCUT2D eigenvalue weighted by Gasteiger charge is 2.31. The summed E-state index contributed by atoms with van der Waals surface area (Å²) in [6.45, 7) is 8.84. The molecule has 0 spiro atoms. The molecule has 3 rings (SSSR count). The molecule has 0 fully saturated rings. The number of amides is 1. The summed E-state index contributed by atoms with van der Waals surface area (Å²) in [5, 5.41) is 20.8. The van der Waals surface area contributed by atoms with Gasteiger partial charge >= 0.3 is 0 Å². The Labute approximate surface area is 227 Å². The number of phenols is 2. The zero-order valence-electron chi connectivity index (χ0n) is 24.0. The zero-order valence-corrected chi connectivity index (χ0v) is 24.0. The topological polar surface area (TPSA) is 82.5 Å². The molecule has 0 aliphatic carbocycles. The lowest BCUT2D eigenvalue weighted by atomic mass is 9.89. The summed E-state index contributed by atoms with van der Waals surface area (Å²) in [6.07, 6.45) is 7.89. The first-order valence-electron chi connectivity index (χ1n) is 13.4. The molecule has 0 radical (unpaired) electrons. The quantitative estimate of drug-likeness (QED) is 0.293. The summed E-state index contributed by atoms with van der Waals surface area (Å²) in [7, 11) is 5.36. The molecule has 0 saturated heterocycles. The number of para-hydroxylation sites is 1. The second-order valence-electron chi connectivity index (χ2n) is 11.2. The van der Waals surface area contributed by atoms with Crippen molar-refractivity contribution >= 4 is 23.0 Å². The molecule has 38 heavy (non-hydrogen) atoms. The second-order valence-corrected chi connectivity index (χ2v) is 11.2. The van der Waals surface area contributed by atoms with Gasteiger partial charge in [-0.1, -0.05) is 17.7 Å². The van der Waals surface area contributed by atoms with E-state index in [1.54, 1.807) is 60.4 Å².